The Bertz CT molecular complexity index is 836. The number of hydrogen-bond acceptors (Lipinski definition) is 4. The molecule has 2 rings (SSSR count). The molecular formula is C17H23N3O3S. The average Bonchev–Trinajstić information content (AvgIpc) is 2.49. The van der Waals surface area contributed by atoms with E-state index in [2.05, 4.69) is 10.3 Å². The molecule has 0 spiro atoms. The zero-order valence-electron chi connectivity index (χ0n) is 14.4. The molecular weight excluding hydrogens is 326 g/mol. The van der Waals surface area contributed by atoms with Crippen molar-refractivity contribution < 1.29 is 13.2 Å². The summed E-state index contributed by atoms with van der Waals surface area (Å²) in [6, 6.07) is 9.09. The number of nitrogens with one attached hydrogen (secondary N) is 1. The van der Waals surface area contributed by atoms with E-state index < -0.39 is 15.4 Å². The molecule has 0 radical (unpaired) electrons. The number of anilines is 1. The number of fused-ring (bicyclic) bond motifs is 1. The highest BCUT2D eigenvalue weighted by Crippen LogP contribution is 2.26. The van der Waals surface area contributed by atoms with Gasteiger partial charge >= 0.3 is 0 Å². The standard InChI is InChI=1S/C17H23N3O3S/c1-17(2,3)16(21)19-11-12-20(24(4,22)23)14-9-5-7-13-8-6-10-18-15(13)14/h5-10H,11-12H2,1-4H3,(H,19,21). The van der Waals surface area contributed by atoms with E-state index in [0.29, 0.717) is 11.2 Å². The zero-order valence-corrected chi connectivity index (χ0v) is 15.2. The van der Waals surface area contributed by atoms with Gasteiger partial charge in [0.05, 0.1) is 24.0 Å². The Labute approximate surface area is 142 Å². The van der Waals surface area contributed by atoms with E-state index in [0.717, 1.165) is 11.6 Å². The second-order valence-electron chi connectivity index (χ2n) is 6.69. The molecule has 0 bridgehead atoms. The summed E-state index contributed by atoms with van der Waals surface area (Å²) in [5, 5.41) is 3.64. The molecule has 0 aliphatic carbocycles. The fourth-order valence-electron chi connectivity index (χ4n) is 2.29. The Morgan fingerprint density at radius 3 is 2.50 bits per heavy atom. The van der Waals surface area contributed by atoms with Gasteiger partial charge in [-0.1, -0.05) is 39.0 Å². The SMILES string of the molecule is CC(C)(C)C(=O)NCCN(c1cccc2cccnc12)S(C)(=O)=O. The second-order valence-corrected chi connectivity index (χ2v) is 8.60. The van der Waals surface area contributed by atoms with Crippen molar-refractivity contribution in [1.29, 1.82) is 0 Å². The number of aromatic nitrogens is 1. The van der Waals surface area contributed by atoms with Gasteiger partial charge in [0.2, 0.25) is 15.9 Å². The molecule has 1 amide bonds. The van der Waals surface area contributed by atoms with E-state index in [1.54, 1.807) is 24.4 Å². The van der Waals surface area contributed by atoms with Crippen LogP contribution in [0.15, 0.2) is 36.5 Å². The number of para-hydroxylation sites is 1. The second kappa shape index (κ2) is 6.76. The first kappa shape index (κ1) is 18.2. The summed E-state index contributed by atoms with van der Waals surface area (Å²) in [4.78, 5) is 16.3. The molecule has 0 aliphatic heterocycles. The smallest absolute Gasteiger partial charge is 0.232 e. The zero-order chi connectivity index (χ0) is 18.0. The third kappa shape index (κ3) is 4.23. The van der Waals surface area contributed by atoms with E-state index in [-0.39, 0.29) is 19.0 Å². The number of nitrogens with zero attached hydrogens (tertiary/aromatic N) is 2. The van der Waals surface area contributed by atoms with Gasteiger partial charge in [-0.15, -0.1) is 0 Å². The van der Waals surface area contributed by atoms with Crippen LogP contribution in [0, 0.1) is 5.41 Å². The quantitative estimate of drug-likeness (QED) is 0.897. The highest BCUT2D eigenvalue weighted by Gasteiger charge is 2.23. The molecule has 1 N–H and O–H groups in total. The van der Waals surface area contributed by atoms with E-state index in [1.165, 1.54) is 4.31 Å². The van der Waals surface area contributed by atoms with E-state index in [4.69, 9.17) is 0 Å². The van der Waals surface area contributed by atoms with Crippen molar-refractivity contribution in [3.63, 3.8) is 0 Å². The molecule has 0 fully saturated rings. The predicted octanol–water partition coefficient (Wildman–Crippen LogP) is 2.16. The van der Waals surface area contributed by atoms with Crippen LogP contribution >= 0.6 is 0 Å². The maximum Gasteiger partial charge on any atom is 0.232 e. The molecule has 2 aromatic rings. The van der Waals surface area contributed by atoms with Crippen molar-refractivity contribution in [3.8, 4) is 0 Å². The van der Waals surface area contributed by atoms with Crippen LogP contribution in [0.5, 0.6) is 0 Å². The molecule has 1 heterocycles. The number of pyridine rings is 1. The monoisotopic (exact) mass is 349 g/mol. The lowest BCUT2D eigenvalue weighted by atomic mass is 9.96. The van der Waals surface area contributed by atoms with Gasteiger partial charge in [-0.2, -0.15) is 0 Å². The minimum Gasteiger partial charge on any atom is -0.354 e. The molecule has 0 unspecified atom stereocenters. The van der Waals surface area contributed by atoms with Crippen LogP contribution in [0.1, 0.15) is 20.8 Å². The fraction of sp³-hybridized carbons (Fsp3) is 0.412. The third-order valence-electron chi connectivity index (χ3n) is 3.56. The Morgan fingerprint density at radius 1 is 1.21 bits per heavy atom. The topological polar surface area (TPSA) is 79.4 Å². The van der Waals surface area contributed by atoms with Gasteiger partial charge in [-0.25, -0.2) is 8.42 Å². The van der Waals surface area contributed by atoms with E-state index in [9.17, 15) is 13.2 Å². The van der Waals surface area contributed by atoms with Gasteiger partial charge in [0.25, 0.3) is 0 Å². The Hall–Kier alpha value is -2.15. The Balaban J connectivity index is 2.28. The highest BCUT2D eigenvalue weighted by atomic mass is 32.2. The summed E-state index contributed by atoms with van der Waals surface area (Å²) < 4.78 is 25.8. The van der Waals surface area contributed by atoms with Crippen molar-refractivity contribution in [2.45, 2.75) is 20.8 Å². The number of carbonyl (C=O) groups excluding carboxylic acids is 1. The summed E-state index contributed by atoms with van der Waals surface area (Å²) in [5.74, 6) is -0.119. The lowest BCUT2D eigenvalue weighted by Crippen LogP contribution is -2.41. The van der Waals surface area contributed by atoms with Crippen molar-refractivity contribution in [1.82, 2.24) is 10.3 Å². The third-order valence-corrected chi connectivity index (χ3v) is 4.74. The number of rotatable bonds is 5. The molecule has 7 heteroatoms. The average molecular weight is 349 g/mol. The Kier molecular flexibility index (Phi) is 5.13. The summed E-state index contributed by atoms with van der Waals surface area (Å²) in [5.41, 5.74) is 0.616. The first-order chi connectivity index (χ1) is 11.1. The van der Waals surface area contributed by atoms with Crippen LogP contribution in [-0.2, 0) is 14.8 Å². The van der Waals surface area contributed by atoms with Crippen molar-refractivity contribution in [2.75, 3.05) is 23.7 Å². The summed E-state index contributed by atoms with van der Waals surface area (Å²) >= 11 is 0. The lowest BCUT2D eigenvalue weighted by Gasteiger charge is -2.24. The number of hydrogen-bond donors (Lipinski definition) is 1. The van der Waals surface area contributed by atoms with Crippen LogP contribution in [0.4, 0.5) is 5.69 Å². The van der Waals surface area contributed by atoms with Gasteiger partial charge < -0.3 is 5.32 Å². The van der Waals surface area contributed by atoms with Gasteiger partial charge in [-0.05, 0) is 12.1 Å². The van der Waals surface area contributed by atoms with Crippen molar-refractivity contribution in [3.05, 3.63) is 36.5 Å². The van der Waals surface area contributed by atoms with Crippen LogP contribution in [0.3, 0.4) is 0 Å². The van der Waals surface area contributed by atoms with Gasteiger partial charge in [0.1, 0.15) is 0 Å². The Morgan fingerprint density at radius 2 is 1.88 bits per heavy atom. The molecule has 24 heavy (non-hydrogen) atoms. The summed E-state index contributed by atoms with van der Waals surface area (Å²) in [6.07, 6.45) is 2.79. The molecule has 6 nitrogen and oxygen atoms in total. The minimum atomic E-state index is -3.50. The van der Waals surface area contributed by atoms with Crippen LogP contribution < -0.4 is 9.62 Å². The number of carbonyl (C=O) groups is 1. The van der Waals surface area contributed by atoms with Gasteiger partial charge in [0, 0.05) is 23.5 Å². The normalized spacial score (nSPS) is 12.2. The molecule has 130 valence electrons. The molecule has 0 aliphatic rings. The minimum absolute atomic E-state index is 0.119. The predicted molar refractivity (Wildman–Crippen MR) is 96.4 cm³/mol. The van der Waals surface area contributed by atoms with Crippen molar-refractivity contribution >= 4 is 32.5 Å². The number of amides is 1. The van der Waals surface area contributed by atoms with Gasteiger partial charge in [0.15, 0.2) is 0 Å². The van der Waals surface area contributed by atoms with E-state index in [1.807, 2.05) is 32.9 Å². The molecule has 0 saturated heterocycles. The molecule has 0 saturated carbocycles. The maximum absolute atomic E-state index is 12.2. The number of sulfonamides is 1. The van der Waals surface area contributed by atoms with Gasteiger partial charge in [-0.3, -0.25) is 14.1 Å². The summed E-state index contributed by atoms with van der Waals surface area (Å²) in [7, 11) is -3.50. The number of benzene rings is 1. The molecule has 0 atom stereocenters. The fourth-order valence-corrected chi connectivity index (χ4v) is 3.22. The first-order valence-electron chi connectivity index (χ1n) is 7.70. The van der Waals surface area contributed by atoms with Crippen LogP contribution in [-0.4, -0.2) is 38.7 Å². The maximum atomic E-state index is 12.2. The molecule has 1 aromatic heterocycles. The lowest BCUT2D eigenvalue weighted by molar-refractivity contribution is -0.128. The van der Waals surface area contributed by atoms with Crippen molar-refractivity contribution in [2.24, 2.45) is 5.41 Å². The van der Waals surface area contributed by atoms with E-state index >= 15 is 0 Å². The highest BCUT2D eigenvalue weighted by molar-refractivity contribution is 7.92. The molecule has 1 aromatic carbocycles. The summed E-state index contributed by atoms with van der Waals surface area (Å²) in [6.45, 7) is 5.81. The van der Waals surface area contributed by atoms with Crippen LogP contribution in [0.25, 0.3) is 10.9 Å². The largest absolute Gasteiger partial charge is 0.354 e. The first-order valence-corrected chi connectivity index (χ1v) is 9.55. The van der Waals surface area contributed by atoms with Crippen LogP contribution in [0.2, 0.25) is 0 Å².